The Kier molecular flexibility index (Phi) is 5.29. The number of anilines is 3. The van der Waals surface area contributed by atoms with Crippen LogP contribution in [-0.2, 0) is 6.61 Å². The van der Waals surface area contributed by atoms with Crippen LogP contribution in [0.25, 0.3) is 10.9 Å². The molecular formula is C21H25N7OS. The number of nitrogens with zero attached hydrogens (tertiary/aromatic N) is 4. The van der Waals surface area contributed by atoms with Gasteiger partial charge in [0.25, 0.3) is 0 Å². The number of fused-ring (bicyclic) bond motifs is 3. The summed E-state index contributed by atoms with van der Waals surface area (Å²) in [6.07, 6.45) is 8.83. The molecule has 2 aliphatic heterocycles. The number of piperidine rings is 1. The SMILES string of the molecule is N#CCCN1[C@@H]2CC[C@H]1CC(Nc1nc(Nc3ncc(CO)s3)cc3[nH]ccc13)C2. The summed E-state index contributed by atoms with van der Waals surface area (Å²) in [5, 5.41) is 27.0. The van der Waals surface area contributed by atoms with E-state index in [1.165, 1.54) is 24.2 Å². The van der Waals surface area contributed by atoms with Gasteiger partial charge in [-0.25, -0.2) is 9.97 Å². The summed E-state index contributed by atoms with van der Waals surface area (Å²) in [6.45, 7) is 0.881. The molecule has 2 bridgehead atoms. The Morgan fingerprint density at radius 2 is 2.17 bits per heavy atom. The average molecular weight is 424 g/mol. The predicted octanol–water partition coefficient (Wildman–Crippen LogP) is 3.58. The monoisotopic (exact) mass is 423 g/mol. The summed E-state index contributed by atoms with van der Waals surface area (Å²) in [5.74, 6) is 1.60. The number of nitrogens with one attached hydrogen (secondary N) is 3. The topological polar surface area (TPSA) is 113 Å². The van der Waals surface area contributed by atoms with Gasteiger partial charge in [0.2, 0.25) is 0 Å². The van der Waals surface area contributed by atoms with Gasteiger partial charge in [0.1, 0.15) is 11.6 Å². The minimum atomic E-state index is -0.00928. The van der Waals surface area contributed by atoms with Gasteiger partial charge in [-0.15, -0.1) is 0 Å². The van der Waals surface area contributed by atoms with E-state index in [2.05, 4.69) is 37.6 Å². The number of thiazole rings is 1. The van der Waals surface area contributed by atoms with Gasteiger partial charge in [0, 0.05) is 54.9 Å². The maximum Gasteiger partial charge on any atom is 0.188 e. The Balaban J connectivity index is 1.34. The molecular weight excluding hydrogens is 398 g/mol. The largest absolute Gasteiger partial charge is 0.391 e. The van der Waals surface area contributed by atoms with E-state index in [0.717, 1.165) is 46.8 Å². The summed E-state index contributed by atoms with van der Waals surface area (Å²) < 4.78 is 0. The number of H-pyrrole nitrogens is 1. The molecule has 0 radical (unpaired) electrons. The zero-order valence-electron chi connectivity index (χ0n) is 16.6. The van der Waals surface area contributed by atoms with Gasteiger partial charge in [-0.05, 0) is 31.7 Å². The number of nitriles is 1. The Labute approximate surface area is 179 Å². The molecule has 5 heterocycles. The summed E-state index contributed by atoms with van der Waals surface area (Å²) in [4.78, 5) is 15.8. The molecule has 0 saturated carbocycles. The lowest BCUT2D eigenvalue weighted by atomic mass is 9.97. The van der Waals surface area contributed by atoms with Crippen LogP contribution in [0, 0.1) is 11.3 Å². The standard InChI is InChI=1S/C21H25N7OS/c22-5-1-7-28-14-2-3-15(28)9-13(8-14)25-20-17-4-6-23-18(17)10-19(26-20)27-21-24-11-16(12-29)30-21/h4,6,10-11,13-15,23,29H,1-3,7-9,12H2,(H2,24,25,26,27)/t13?,14-,15+. The fraction of sp³-hybridized carbons (Fsp3) is 0.476. The van der Waals surface area contributed by atoms with E-state index in [0.29, 0.717) is 29.7 Å². The minimum Gasteiger partial charge on any atom is -0.391 e. The predicted molar refractivity (Wildman–Crippen MR) is 118 cm³/mol. The smallest absolute Gasteiger partial charge is 0.188 e. The first-order valence-electron chi connectivity index (χ1n) is 10.4. The fourth-order valence-electron chi connectivity index (χ4n) is 4.91. The van der Waals surface area contributed by atoms with E-state index in [-0.39, 0.29) is 6.61 Å². The third kappa shape index (κ3) is 3.74. The van der Waals surface area contributed by atoms with Crippen LogP contribution < -0.4 is 10.6 Å². The van der Waals surface area contributed by atoms with Crippen LogP contribution in [-0.4, -0.2) is 49.6 Å². The molecule has 3 atom stereocenters. The second kappa shape index (κ2) is 8.22. The number of pyridine rings is 1. The molecule has 2 aliphatic rings. The maximum absolute atomic E-state index is 9.26. The molecule has 156 valence electrons. The highest BCUT2D eigenvalue weighted by Gasteiger charge is 2.40. The Morgan fingerprint density at radius 3 is 2.90 bits per heavy atom. The molecule has 0 spiro atoms. The van der Waals surface area contributed by atoms with Crippen molar-refractivity contribution in [1.29, 1.82) is 5.26 Å². The summed E-state index contributed by atoms with van der Waals surface area (Å²) in [7, 11) is 0. The van der Waals surface area contributed by atoms with E-state index < -0.39 is 0 Å². The normalized spacial score (nSPS) is 23.5. The molecule has 9 heteroatoms. The van der Waals surface area contributed by atoms with Crippen molar-refractivity contribution in [2.45, 2.75) is 56.8 Å². The van der Waals surface area contributed by atoms with Crippen molar-refractivity contribution < 1.29 is 5.11 Å². The highest BCUT2D eigenvalue weighted by atomic mass is 32.1. The molecule has 0 aliphatic carbocycles. The number of aliphatic hydroxyl groups is 1. The molecule has 2 saturated heterocycles. The zero-order valence-corrected chi connectivity index (χ0v) is 17.5. The molecule has 4 N–H and O–H groups in total. The highest BCUT2D eigenvalue weighted by molar-refractivity contribution is 7.15. The van der Waals surface area contributed by atoms with E-state index in [1.54, 1.807) is 6.20 Å². The molecule has 3 aromatic rings. The number of hydrogen-bond acceptors (Lipinski definition) is 8. The van der Waals surface area contributed by atoms with Crippen LogP contribution in [0.15, 0.2) is 24.5 Å². The van der Waals surface area contributed by atoms with Crippen molar-refractivity contribution in [3.8, 4) is 6.07 Å². The van der Waals surface area contributed by atoms with Gasteiger partial charge < -0.3 is 20.7 Å². The number of rotatable bonds is 7. The highest BCUT2D eigenvalue weighted by Crippen LogP contribution is 2.37. The quantitative estimate of drug-likeness (QED) is 0.459. The van der Waals surface area contributed by atoms with E-state index in [9.17, 15) is 5.11 Å². The number of hydrogen-bond donors (Lipinski definition) is 4. The van der Waals surface area contributed by atoms with E-state index in [4.69, 9.17) is 10.2 Å². The van der Waals surface area contributed by atoms with Crippen molar-refractivity contribution in [2.24, 2.45) is 0 Å². The third-order valence-electron chi connectivity index (χ3n) is 6.20. The van der Waals surface area contributed by atoms with Gasteiger partial charge in [0.05, 0.1) is 23.1 Å². The lowest BCUT2D eigenvalue weighted by molar-refractivity contribution is 0.136. The Hall–Kier alpha value is -2.67. The second-order valence-corrected chi connectivity index (χ2v) is 9.17. The van der Waals surface area contributed by atoms with Crippen molar-refractivity contribution in [2.75, 3.05) is 17.2 Å². The van der Waals surface area contributed by atoms with Crippen LogP contribution in [0.2, 0.25) is 0 Å². The minimum absolute atomic E-state index is 0.00928. The van der Waals surface area contributed by atoms with E-state index in [1.807, 2.05) is 12.3 Å². The van der Waals surface area contributed by atoms with E-state index >= 15 is 0 Å². The molecule has 3 aromatic heterocycles. The van der Waals surface area contributed by atoms with Crippen molar-refractivity contribution in [3.63, 3.8) is 0 Å². The third-order valence-corrected chi connectivity index (χ3v) is 7.10. The first kappa shape index (κ1) is 19.3. The van der Waals surface area contributed by atoms with Crippen molar-refractivity contribution >= 4 is 39.0 Å². The molecule has 0 aromatic carbocycles. The summed E-state index contributed by atoms with van der Waals surface area (Å²) in [5.41, 5.74) is 1.02. The first-order chi connectivity index (χ1) is 14.7. The molecule has 1 unspecified atom stereocenters. The molecule has 0 amide bonds. The van der Waals surface area contributed by atoms with Crippen LogP contribution >= 0.6 is 11.3 Å². The second-order valence-electron chi connectivity index (χ2n) is 8.05. The van der Waals surface area contributed by atoms with Gasteiger partial charge >= 0.3 is 0 Å². The van der Waals surface area contributed by atoms with Crippen LogP contribution in [0.5, 0.6) is 0 Å². The lowest BCUT2D eigenvalue weighted by Gasteiger charge is -2.39. The average Bonchev–Trinajstić information content (AvgIpc) is 3.45. The van der Waals surface area contributed by atoms with Crippen LogP contribution in [0.3, 0.4) is 0 Å². The van der Waals surface area contributed by atoms with Gasteiger partial charge in [-0.1, -0.05) is 11.3 Å². The van der Waals surface area contributed by atoms with Crippen molar-refractivity contribution in [3.05, 3.63) is 29.4 Å². The molecule has 8 nitrogen and oxygen atoms in total. The van der Waals surface area contributed by atoms with Gasteiger partial charge in [0.15, 0.2) is 5.13 Å². The lowest BCUT2D eigenvalue weighted by Crippen LogP contribution is -2.47. The van der Waals surface area contributed by atoms with Crippen LogP contribution in [0.4, 0.5) is 16.8 Å². The molecule has 2 fully saturated rings. The Morgan fingerprint density at radius 1 is 1.33 bits per heavy atom. The maximum atomic E-state index is 9.26. The molecule has 5 rings (SSSR count). The number of aromatic nitrogens is 3. The first-order valence-corrected chi connectivity index (χ1v) is 11.2. The van der Waals surface area contributed by atoms with Crippen LogP contribution in [0.1, 0.15) is 37.0 Å². The van der Waals surface area contributed by atoms with Gasteiger partial charge in [-0.3, -0.25) is 4.90 Å². The molecule has 30 heavy (non-hydrogen) atoms. The summed E-state index contributed by atoms with van der Waals surface area (Å²) >= 11 is 1.42. The Bertz CT molecular complexity index is 1060. The summed E-state index contributed by atoms with van der Waals surface area (Å²) in [6, 6.07) is 7.82. The number of aliphatic hydroxyl groups excluding tert-OH is 1. The zero-order chi connectivity index (χ0) is 20.5. The fourth-order valence-corrected chi connectivity index (χ4v) is 5.59. The van der Waals surface area contributed by atoms with Gasteiger partial charge in [-0.2, -0.15) is 5.26 Å². The van der Waals surface area contributed by atoms with Crippen molar-refractivity contribution in [1.82, 2.24) is 19.9 Å². The number of aromatic amines is 1.